The maximum atomic E-state index is 11.0. The fourth-order valence-electron chi connectivity index (χ4n) is 0.818. The number of fused-ring (bicyclic) bond motifs is 1. The summed E-state index contributed by atoms with van der Waals surface area (Å²) < 4.78 is 0. The molecule has 1 aromatic rings. The molecule has 0 saturated carbocycles. The largest absolute Gasteiger partial charge is 0.314 e. The summed E-state index contributed by atoms with van der Waals surface area (Å²) in [4.78, 5) is 17.2. The highest BCUT2D eigenvalue weighted by molar-refractivity contribution is 7.80. The van der Waals surface area contributed by atoms with Gasteiger partial charge in [0.15, 0.2) is 16.6 Å². The van der Waals surface area contributed by atoms with Crippen LogP contribution < -0.4 is 16.2 Å². The summed E-state index contributed by atoms with van der Waals surface area (Å²) in [6, 6.07) is 0. The molecule has 1 radical (unpaired) electrons. The van der Waals surface area contributed by atoms with Gasteiger partial charge in [-0.1, -0.05) is 0 Å². The number of aromatic nitrogens is 2. The molecule has 0 aliphatic carbocycles. The zero-order chi connectivity index (χ0) is 7.84. The van der Waals surface area contributed by atoms with Crippen LogP contribution in [0.4, 0.5) is 11.5 Å². The molecular formula is C5H3N4OS. The lowest BCUT2D eigenvalue weighted by atomic mass is 10.5. The van der Waals surface area contributed by atoms with E-state index in [-0.39, 0.29) is 16.4 Å². The first kappa shape index (κ1) is 6.29. The molecule has 55 valence electrons. The van der Waals surface area contributed by atoms with E-state index in [4.69, 9.17) is 12.2 Å². The predicted octanol–water partition coefficient (Wildman–Crippen LogP) is -0.284. The Bertz CT molecular complexity index is 371. The molecule has 2 heterocycles. The minimum atomic E-state index is -0.276. The summed E-state index contributed by atoms with van der Waals surface area (Å²) in [6.45, 7) is 0. The van der Waals surface area contributed by atoms with Gasteiger partial charge in [0, 0.05) is 0 Å². The number of nitrogens with zero attached hydrogens (tertiary/aromatic N) is 2. The number of nitrogens with one attached hydrogen (secondary N) is 2. The van der Waals surface area contributed by atoms with Crippen LogP contribution in [0.25, 0.3) is 0 Å². The number of rotatable bonds is 0. The Morgan fingerprint density at radius 3 is 3.09 bits per heavy atom. The van der Waals surface area contributed by atoms with E-state index >= 15 is 0 Å². The fourth-order valence-corrected chi connectivity index (χ4v) is 1.01. The van der Waals surface area contributed by atoms with Crippen LogP contribution in [0.2, 0.25) is 0 Å². The molecule has 0 amide bonds. The van der Waals surface area contributed by atoms with Crippen LogP contribution in [0.15, 0.2) is 11.1 Å². The Kier molecular flexibility index (Phi) is 1.16. The van der Waals surface area contributed by atoms with Crippen LogP contribution in [0.1, 0.15) is 0 Å². The molecule has 1 aromatic heterocycles. The third kappa shape index (κ3) is 0.874. The average Bonchev–Trinajstić information content (AvgIpc) is 2.31. The summed E-state index contributed by atoms with van der Waals surface area (Å²) in [5.74, 6) is 0.429. The molecular weight excluding hydrogens is 164 g/mol. The molecule has 0 fully saturated rings. The summed E-state index contributed by atoms with van der Waals surface area (Å²) >= 11 is 4.71. The molecule has 0 spiro atoms. The van der Waals surface area contributed by atoms with Crippen LogP contribution in [-0.2, 0) is 0 Å². The van der Waals surface area contributed by atoms with Crippen molar-refractivity contribution < 1.29 is 0 Å². The maximum Gasteiger partial charge on any atom is 0.278 e. The van der Waals surface area contributed by atoms with Gasteiger partial charge >= 0.3 is 0 Å². The van der Waals surface area contributed by atoms with Gasteiger partial charge in [-0.2, -0.15) is 0 Å². The quantitative estimate of drug-likeness (QED) is 0.521. The lowest BCUT2D eigenvalue weighted by Gasteiger charge is -1.89. The topological polar surface area (TPSA) is 71.9 Å². The molecule has 6 heteroatoms. The van der Waals surface area contributed by atoms with E-state index in [0.29, 0.717) is 5.82 Å². The minimum absolute atomic E-state index is 0.262. The van der Waals surface area contributed by atoms with Crippen LogP contribution in [0.5, 0.6) is 0 Å². The highest BCUT2D eigenvalue weighted by Crippen LogP contribution is 2.17. The molecule has 5 nitrogen and oxygen atoms in total. The van der Waals surface area contributed by atoms with E-state index in [2.05, 4.69) is 20.6 Å². The molecule has 0 bridgehead atoms. The van der Waals surface area contributed by atoms with E-state index in [1.165, 1.54) is 6.33 Å². The predicted molar refractivity (Wildman–Crippen MR) is 42.9 cm³/mol. The first-order valence-corrected chi connectivity index (χ1v) is 3.28. The molecule has 0 aromatic carbocycles. The van der Waals surface area contributed by atoms with Gasteiger partial charge in [0.2, 0.25) is 0 Å². The number of H-pyrrole nitrogens is 1. The Morgan fingerprint density at radius 1 is 1.55 bits per heavy atom. The van der Waals surface area contributed by atoms with Crippen molar-refractivity contribution in [2.75, 3.05) is 5.32 Å². The molecule has 0 atom stereocenters. The monoisotopic (exact) mass is 167 g/mol. The number of hydrogen-bond donors (Lipinski definition) is 2. The van der Waals surface area contributed by atoms with Crippen LogP contribution in [0, 0.1) is 0 Å². The molecule has 0 unspecified atom stereocenters. The van der Waals surface area contributed by atoms with Crippen molar-refractivity contribution in [3.05, 3.63) is 16.7 Å². The van der Waals surface area contributed by atoms with Gasteiger partial charge in [-0.3, -0.25) is 4.79 Å². The van der Waals surface area contributed by atoms with Crippen LogP contribution >= 0.6 is 12.2 Å². The van der Waals surface area contributed by atoms with Gasteiger partial charge in [0.05, 0.1) is 6.33 Å². The second-order valence-electron chi connectivity index (χ2n) is 1.97. The number of aromatic amines is 1. The summed E-state index contributed by atoms with van der Waals surface area (Å²) in [6.07, 6.45) is 1.30. The summed E-state index contributed by atoms with van der Waals surface area (Å²) in [5.41, 5.74) is -0.0140. The minimum Gasteiger partial charge on any atom is -0.314 e. The van der Waals surface area contributed by atoms with Crippen molar-refractivity contribution >= 4 is 28.8 Å². The van der Waals surface area contributed by atoms with Crippen molar-refractivity contribution in [3.8, 4) is 0 Å². The van der Waals surface area contributed by atoms with Gasteiger partial charge in [-0.05, 0) is 12.2 Å². The molecule has 1 aliphatic rings. The highest BCUT2D eigenvalue weighted by Gasteiger charge is 2.19. The number of anilines is 1. The zero-order valence-electron chi connectivity index (χ0n) is 5.29. The summed E-state index contributed by atoms with van der Waals surface area (Å²) in [7, 11) is 0. The Morgan fingerprint density at radius 2 is 2.36 bits per heavy atom. The molecule has 2 rings (SSSR count). The highest BCUT2D eigenvalue weighted by atomic mass is 32.1. The van der Waals surface area contributed by atoms with E-state index in [1.807, 2.05) is 0 Å². The van der Waals surface area contributed by atoms with Gasteiger partial charge in [0.1, 0.15) is 0 Å². The van der Waals surface area contributed by atoms with E-state index in [9.17, 15) is 4.79 Å². The maximum absolute atomic E-state index is 11.0. The third-order valence-electron chi connectivity index (χ3n) is 1.27. The average molecular weight is 167 g/mol. The van der Waals surface area contributed by atoms with Crippen molar-refractivity contribution in [2.45, 2.75) is 0 Å². The van der Waals surface area contributed by atoms with Gasteiger partial charge in [-0.25, -0.2) is 10.3 Å². The lowest BCUT2D eigenvalue weighted by molar-refractivity contribution is 1.11. The van der Waals surface area contributed by atoms with E-state index in [0.717, 1.165) is 0 Å². The fraction of sp³-hybridized carbons (Fsp3) is 0. The first-order chi connectivity index (χ1) is 5.27. The SMILES string of the molecule is O=c1[nH]cnc2c1[N]C(=S)N2. The first-order valence-electron chi connectivity index (χ1n) is 2.88. The van der Waals surface area contributed by atoms with Gasteiger partial charge in [0.25, 0.3) is 5.56 Å². The van der Waals surface area contributed by atoms with Crippen molar-refractivity contribution in [3.63, 3.8) is 0 Å². The van der Waals surface area contributed by atoms with Crippen molar-refractivity contribution in [2.24, 2.45) is 0 Å². The van der Waals surface area contributed by atoms with E-state index in [1.54, 1.807) is 0 Å². The van der Waals surface area contributed by atoms with Gasteiger partial charge < -0.3 is 10.3 Å². The molecule has 0 saturated heterocycles. The zero-order valence-corrected chi connectivity index (χ0v) is 6.10. The van der Waals surface area contributed by atoms with E-state index < -0.39 is 0 Å². The number of thiocarbonyl (C=S) groups is 1. The smallest absolute Gasteiger partial charge is 0.278 e. The lowest BCUT2D eigenvalue weighted by Crippen LogP contribution is -2.12. The normalized spacial score (nSPS) is 13.6. The van der Waals surface area contributed by atoms with Gasteiger partial charge in [-0.15, -0.1) is 0 Å². The van der Waals surface area contributed by atoms with Crippen LogP contribution in [-0.4, -0.2) is 15.1 Å². The Balaban J connectivity index is 2.66. The molecule has 11 heavy (non-hydrogen) atoms. The standard InChI is InChI=1S/C5H3N4OS/c10-4-2-3(6-1-7-4)9-5(11)8-2/h1H,(H2,6,7,9,10,11). The summed E-state index contributed by atoms with van der Waals surface area (Å²) in [5, 5.41) is 6.72. The molecule has 2 N–H and O–H groups in total. The Hall–Kier alpha value is -1.43. The van der Waals surface area contributed by atoms with Crippen molar-refractivity contribution in [1.82, 2.24) is 15.3 Å². The second-order valence-corrected chi connectivity index (χ2v) is 2.36. The second kappa shape index (κ2) is 2.03. The third-order valence-corrected chi connectivity index (χ3v) is 1.46. The van der Waals surface area contributed by atoms with Crippen LogP contribution in [0.3, 0.4) is 0 Å². The Labute approximate surface area is 66.8 Å². The molecule has 1 aliphatic heterocycles. The van der Waals surface area contributed by atoms with Crippen molar-refractivity contribution in [1.29, 1.82) is 0 Å². The number of hydrogen-bond acceptors (Lipinski definition) is 3.